The van der Waals surface area contributed by atoms with Crippen LogP contribution < -0.4 is 23.8 Å². The second kappa shape index (κ2) is 11.1. The highest BCUT2D eigenvalue weighted by atomic mass is 32.1. The standard InChI is InChI=1S/C31H28N2O7S/c1-3-4-13-38-20-8-5-18(6-9-20)27-26(28(34)19-7-12-23-24(16-19)40-15-14-39-23)29(35)30(36)33(27)31-32-22-11-10-21(37-2)17-25(22)41-31/h5-12,16-17,27,34H,3-4,13-15H2,1-2H3/t27-/m0/s1. The Morgan fingerprint density at radius 2 is 1.78 bits per heavy atom. The second-order valence-electron chi connectivity index (χ2n) is 9.63. The Bertz CT molecular complexity index is 1660. The van der Waals surface area contributed by atoms with Gasteiger partial charge in [-0.2, -0.15) is 0 Å². The molecule has 10 heteroatoms. The predicted molar refractivity (Wildman–Crippen MR) is 155 cm³/mol. The Labute approximate surface area is 240 Å². The highest BCUT2D eigenvalue weighted by Gasteiger charge is 2.48. The lowest BCUT2D eigenvalue weighted by atomic mass is 9.95. The van der Waals surface area contributed by atoms with Gasteiger partial charge in [-0.25, -0.2) is 4.98 Å². The molecule has 1 aromatic heterocycles. The quantitative estimate of drug-likeness (QED) is 0.121. The number of ketones is 1. The minimum atomic E-state index is -0.921. The maximum Gasteiger partial charge on any atom is 0.301 e. The molecule has 41 heavy (non-hydrogen) atoms. The van der Waals surface area contributed by atoms with E-state index < -0.39 is 17.7 Å². The lowest BCUT2D eigenvalue weighted by Gasteiger charge is -2.23. The fraction of sp³-hybridized carbons (Fsp3) is 0.258. The first-order chi connectivity index (χ1) is 20.0. The summed E-state index contributed by atoms with van der Waals surface area (Å²) in [6.45, 7) is 3.48. The van der Waals surface area contributed by atoms with E-state index in [9.17, 15) is 14.7 Å². The number of aromatic nitrogens is 1. The third-order valence-electron chi connectivity index (χ3n) is 7.01. The Morgan fingerprint density at radius 3 is 2.54 bits per heavy atom. The summed E-state index contributed by atoms with van der Waals surface area (Å²) in [5.74, 6) is 0.458. The number of nitrogens with zero attached hydrogens (tertiary/aromatic N) is 2. The van der Waals surface area contributed by atoms with Crippen LogP contribution in [0, 0.1) is 0 Å². The van der Waals surface area contributed by atoms with Crippen molar-refractivity contribution in [2.24, 2.45) is 0 Å². The van der Waals surface area contributed by atoms with Gasteiger partial charge in [0.1, 0.15) is 30.5 Å². The van der Waals surface area contributed by atoms with Crippen molar-refractivity contribution >= 4 is 44.1 Å². The van der Waals surface area contributed by atoms with Crippen molar-refractivity contribution in [3.63, 3.8) is 0 Å². The summed E-state index contributed by atoms with van der Waals surface area (Å²) in [4.78, 5) is 33.2. The summed E-state index contributed by atoms with van der Waals surface area (Å²) in [6.07, 6.45) is 1.94. The van der Waals surface area contributed by atoms with Crippen LogP contribution in [0.25, 0.3) is 16.0 Å². The van der Waals surface area contributed by atoms with Crippen molar-refractivity contribution in [3.05, 3.63) is 77.4 Å². The Balaban J connectivity index is 1.47. The van der Waals surface area contributed by atoms with Gasteiger partial charge in [-0.3, -0.25) is 14.5 Å². The monoisotopic (exact) mass is 572 g/mol. The van der Waals surface area contributed by atoms with Gasteiger partial charge >= 0.3 is 5.91 Å². The van der Waals surface area contributed by atoms with Crippen molar-refractivity contribution in [2.75, 3.05) is 31.8 Å². The third-order valence-corrected chi connectivity index (χ3v) is 8.03. The summed E-state index contributed by atoms with van der Waals surface area (Å²) in [5, 5.41) is 11.9. The maximum atomic E-state index is 13.6. The number of Topliss-reactive ketones (excluding diaryl/α,β-unsaturated/α-hetero) is 1. The molecule has 9 nitrogen and oxygen atoms in total. The van der Waals surface area contributed by atoms with E-state index in [4.69, 9.17) is 18.9 Å². The van der Waals surface area contributed by atoms with E-state index in [0.29, 0.717) is 64.6 Å². The average molecular weight is 573 g/mol. The zero-order valence-electron chi connectivity index (χ0n) is 22.6. The number of ether oxygens (including phenoxy) is 4. The molecule has 3 aromatic carbocycles. The fourth-order valence-electron chi connectivity index (χ4n) is 4.89. The number of aliphatic hydroxyl groups is 1. The molecule has 0 unspecified atom stereocenters. The van der Waals surface area contributed by atoms with Crippen LogP contribution in [0.15, 0.2) is 66.2 Å². The lowest BCUT2D eigenvalue weighted by Crippen LogP contribution is -2.29. The van der Waals surface area contributed by atoms with Gasteiger partial charge < -0.3 is 24.1 Å². The van der Waals surface area contributed by atoms with Gasteiger partial charge in [-0.15, -0.1) is 0 Å². The van der Waals surface area contributed by atoms with E-state index in [-0.39, 0.29) is 11.3 Å². The molecule has 1 saturated heterocycles. The number of aliphatic hydroxyl groups excluding tert-OH is 1. The number of hydrogen-bond donors (Lipinski definition) is 1. The molecule has 0 spiro atoms. The number of methoxy groups -OCH3 is 1. The SMILES string of the molecule is CCCCOc1ccc([C@H]2C(=C(O)c3ccc4c(c3)OCCO4)C(=O)C(=O)N2c2nc3ccc(OC)cc3s2)cc1. The van der Waals surface area contributed by atoms with E-state index in [1.54, 1.807) is 61.7 Å². The predicted octanol–water partition coefficient (Wildman–Crippen LogP) is 5.88. The van der Waals surface area contributed by atoms with Gasteiger partial charge in [0.15, 0.2) is 16.6 Å². The number of fused-ring (bicyclic) bond motifs is 2. The minimum absolute atomic E-state index is 0.0387. The number of benzene rings is 3. The second-order valence-corrected chi connectivity index (χ2v) is 10.6. The topological polar surface area (TPSA) is 107 Å². The molecule has 2 aliphatic heterocycles. The summed E-state index contributed by atoms with van der Waals surface area (Å²) < 4.78 is 23.2. The number of hydrogen-bond acceptors (Lipinski definition) is 9. The van der Waals surface area contributed by atoms with Crippen LogP contribution in [0.3, 0.4) is 0 Å². The summed E-state index contributed by atoms with van der Waals surface area (Å²) in [6, 6.07) is 16.7. The van der Waals surface area contributed by atoms with Crippen LogP contribution in [-0.4, -0.2) is 48.7 Å². The minimum Gasteiger partial charge on any atom is -0.507 e. The number of unbranched alkanes of at least 4 members (excludes halogenated alkanes) is 1. The maximum absolute atomic E-state index is 13.6. The summed E-state index contributed by atoms with van der Waals surface area (Å²) in [7, 11) is 1.58. The van der Waals surface area contributed by atoms with Crippen molar-refractivity contribution in [2.45, 2.75) is 25.8 Å². The molecule has 1 fully saturated rings. The van der Waals surface area contributed by atoms with Crippen LogP contribution in [0.4, 0.5) is 5.13 Å². The molecule has 0 aliphatic carbocycles. The van der Waals surface area contributed by atoms with E-state index in [1.165, 1.54) is 16.2 Å². The molecule has 0 radical (unpaired) electrons. The van der Waals surface area contributed by atoms with Crippen molar-refractivity contribution < 1.29 is 33.6 Å². The van der Waals surface area contributed by atoms with Crippen molar-refractivity contribution in [1.29, 1.82) is 0 Å². The van der Waals surface area contributed by atoms with Crippen molar-refractivity contribution in [3.8, 4) is 23.0 Å². The van der Waals surface area contributed by atoms with Gasteiger partial charge in [0, 0.05) is 5.56 Å². The Hall–Kier alpha value is -4.57. The zero-order chi connectivity index (χ0) is 28.5. The molecule has 1 amide bonds. The Morgan fingerprint density at radius 1 is 1.02 bits per heavy atom. The highest BCUT2D eigenvalue weighted by molar-refractivity contribution is 7.22. The number of anilines is 1. The van der Waals surface area contributed by atoms with Crippen molar-refractivity contribution in [1.82, 2.24) is 4.98 Å². The lowest BCUT2D eigenvalue weighted by molar-refractivity contribution is -0.132. The molecule has 3 heterocycles. The molecular weight excluding hydrogens is 544 g/mol. The number of thiazole rings is 1. The highest BCUT2D eigenvalue weighted by Crippen LogP contribution is 2.45. The summed E-state index contributed by atoms with van der Waals surface area (Å²) >= 11 is 1.27. The van der Waals surface area contributed by atoms with Crippen LogP contribution in [0.2, 0.25) is 0 Å². The van der Waals surface area contributed by atoms with E-state index in [0.717, 1.165) is 17.5 Å². The number of amides is 1. The van der Waals surface area contributed by atoms with Gasteiger partial charge in [0.2, 0.25) is 0 Å². The average Bonchev–Trinajstić information content (AvgIpc) is 3.54. The molecule has 6 rings (SSSR count). The first-order valence-electron chi connectivity index (χ1n) is 13.4. The van der Waals surface area contributed by atoms with Crippen LogP contribution in [0.1, 0.15) is 36.9 Å². The smallest absolute Gasteiger partial charge is 0.301 e. The van der Waals surface area contributed by atoms with Gasteiger partial charge in [-0.1, -0.05) is 36.8 Å². The number of carbonyl (C=O) groups is 2. The fourth-order valence-corrected chi connectivity index (χ4v) is 5.92. The van der Waals surface area contributed by atoms with E-state index >= 15 is 0 Å². The van der Waals surface area contributed by atoms with E-state index in [2.05, 4.69) is 11.9 Å². The van der Waals surface area contributed by atoms with Crippen LogP contribution in [0.5, 0.6) is 23.0 Å². The van der Waals surface area contributed by atoms with Crippen LogP contribution >= 0.6 is 11.3 Å². The molecule has 2 aliphatic rings. The molecule has 0 saturated carbocycles. The number of carbonyl (C=O) groups excluding carboxylic acids is 2. The first kappa shape index (κ1) is 26.6. The molecule has 1 atom stereocenters. The first-order valence-corrected chi connectivity index (χ1v) is 14.2. The molecular formula is C31H28N2O7S. The third kappa shape index (κ3) is 4.95. The molecule has 210 valence electrons. The Kier molecular flexibility index (Phi) is 7.23. The van der Waals surface area contributed by atoms with Crippen LogP contribution in [-0.2, 0) is 9.59 Å². The normalized spacial score (nSPS) is 17.7. The molecule has 1 N–H and O–H groups in total. The van der Waals surface area contributed by atoms with Gasteiger partial charge in [0.05, 0.1) is 35.5 Å². The number of rotatable bonds is 8. The largest absolute Gasteiger partial charge is 0.507 e. The van der Waals surface area contributed by atoms with E-state index in [1.807, 2.05) is 6.07 Å². The zero-order valence-corrected chi connectivity index (χ0v) is 23.4. The summed E-state index contributed by atoms with van der Waals surface area (Å²) in [5.41, 5.74) is 1.59. The molecule has 0 bridgehead atoms. The molecule has 4 aromatic rings. The van der Waals surface area contributed by atoms with Gasteiger partial charge in [-0.05, 0) is 60.5 Å². The van der Waals surface area contributed by atoms with Gasteiger partial charge in [0.25, 0.3) is 5.78 Å².